The SMILES string of the molecule is CC(C)[C@@H]1CC[C@@H](C)CC12OCC[C@@H](CC=O)O2. The maximum atomic E-state index is 10.7. The number of hydrogen-bond acceptors (Lipinski definition) is 3. The van der Waals surface area contributed by atoms with Gasteiger partial charge in [0.25, 0.3) is 0 Å². The smallest absolute Gasteiger partial charge is 0.171 e. The van der Waals surface area contributed by atoms with E-state index in [2.05, 4.69) is 20.8 Å². The van der Waals surface area contributed by atoms with Gasteiger partial charge in [0.2, 0.25) is 0 Å². The third kappa shape index (κ3) is 2.77. The maximum absolute atomic E-state index is 10.7. The summed E-state index contributed by atoms with van der Waals surface area (Å²) in [5.74, 6) is 1.25. The number of hydrogen-bond donors (Lipinski definition) is 0. The molecule has 104 valence electrons. The summed E-state index contributed by atoms with van der Waals surface area (Å²) < 4.78 is 12.3. The van der Waals surface area contributed by atoms with E-state index < -0.39 is 5.79 Å². The first-order valence-corrected chi connectivity index (χ1v) is 7.33. The molecule has 3 heteroatoms. The number of carbonyl (C=O) groups is 1. The number of aldehydes is 1. The third-order valence-electron chi connectivity index (χ3n) is 4.48. The van der Waals surface area contributed by atoms with Crippen molar-refractivity contribution in [2.24, 2.45) is 17.8 Å². The van der Waals surface area contributed by atoms with Crippen molar-refractivity contribution < 1.29 is 14.3 Å². The predicted molar refractivity (Wildman–Crippen MR) is 70.2 cm³/mol. The van der Waals surface area contributed by atoms with Gasteiger partial charge in [0, 0.05) is 18.8 Å². The van der Waals surface area contributed by atoms with Crippen molar-refractivity contribution >= 4 is 6.29 Å². The molecule has 1 saturated carbocycles. The quantitative estimate of drug-likeness (QED) is 0.726. The highest BCUT2D eigenvalue weighted by Gasteiger charge is 2.49. The van der Waals surface area contributed by atoms with E-state index >= 15 is 0 Å². The van der Waals surface area contributed by atoms with Gasteiger partial charge in [-0.25, -0.2) is 0 Å². The van der Waals surface area contributed by atoms with Gasteiger partial charge in [-0.1, -0.05) is 27.2 Å². The topological polar surface area (TPSA) is 35.5 Å². The van der Waals surface area contributed by atoms with Crippen molar-refractivity contribution in [3.63, 3.8) is 0 Å². The van der Waals surface area contributed by atoms with Gasteiger partial charge < -0.3 is 14.3 Å². The molecular formula is C15H26O3. The molecule has 0 radical (unpaired) electrons. The van der Waals surface area contributed by atoms with E-state index in [9.17, 15) is 4.79 Å². The Morgan fingerprint density at radius 3 is 2.78 bits per heavy atom. The third-order valence-corrected chi connectivity index (χ3v) is 4.48. The second kappa shape index (κ2) is 5.70. The molecule has 0 aromatic heterocycles. The lowest BCUT2D eigenvalue weighted by molar-refractivity contribution is -0.338. The molecule has 0 aromatic rings. The van der Waals surface area contributed by atoms with Crippen LogP contribution in [0.25, 0.3) is 0 Å². The highest BCUT2D eigenvalue weighted by atomic mass is 16.7. The molecule has 1 aliphatic carbocycles. The minimum absolute atomic E-state index is 0.0581. The largest absolute Gasteiger partial charge is 0.349 e. The van der Waals surface area contributed by atoms with Crippen molar-refractivity contribution in [3.8, 4) is 0 Å². The second-order valence-corrected chi connectivity index (χ2v) is 6.33. The fourth-order valence-electron chi connectivity index (χ4n) is 3.58. The molecule has 0 amide bonds. The molecule has 2 aliphatic rings. The van der Waals surface area contributed by atoms with E-state index in [1.165, 1.54) is 12.8 Å². The molecule has 0 N–H and O–H groups in total. The lowest BCUT2D eigenvalue weighted by Gasteiger charge is -2.51. The molecule has 1 saturated heterocycles. The molecular weight excluding hydrogens is 228 g/mol. The van der Waals surface area contributed by atoms with E-state index in [1.807, 2.05) is 0 Å². The summed E-state index contributed by atoms with van der Waals surface area (Å²) in [6.45, 7) is 7.50. The average Bonchev–Trinajstić information content (AvgIpc) is 2.28. The number of rotatable bonds is 3. The van der Waals surface area contributed by atoms with Crippen LogP contribution in [0.4, 0.5) is 0 Å². The van der Waals surface area contributed by atoms with Crippen LogP contribution in [-0.2, 0) is 14.3 Å². The van der Waals surface area contributed by atoms with Gasteiger partial charge in [0.15, 0.2) is 5.79 Å². The summed E-state index contributed by atoms with van der Waals surface area (Å²) in [7, 11) is 0. The highest BCUT2D eigenvalue weighted by Crippen LogP contribution is 2.46. The summed E-state index contributed by atoms with van der Waals surface area (Å²) in [5, 5.41) is 0. The summed E-state index contributed by atoms with van der Waals surface area (Å²) in [6.07, 6.45) is 5.79. The molecule has 1 unspecified atom stereocenters. The van der Waals surface area contributed by atoms with Crippen molar-refractivity contribution in [2.45, 2.75) is 64.8 Å². The Labute approximate surface area is 110 Å². The Hall–Kier alpha value is -0.410. The van der Waals surface area contributed by atoms with E-state index in [-0.39, 0.29) is 6.10 Å². The van der Waals surface area contributed by atoms with Gasteiger partial charge in [0.05, 0.1) is 12.7 Å². The van der Waals surface area contributed by atoms with Gasteiger partial charge in [-0.15, -0.1) is 0 Å². The fraction of sp³-hybridized carbons (Fsp3) is 0.933. The summed E-state index contributed by atoms with van der Waals surface area (Å²) in [5.41, 5.74) is 0. The predicted octanol–water partition coefficient (Wildman–Crippen LogP) is 3.17. The maximum Gasteiger partial charge on any atom is 0.171 e. The van der Waals surface area contributed by atoms with Crippen LogP contribution in [0, 0.1) is 17.8 Å². The van der Waals surface area contributed by atoms with Gasteiger partial charge in [-0.3, -0.25) is 0 Å². The van der Waals surface area contributed by atoms with Crippen LogP contribution in [0.3, 0.4) is 0 Å². The monoisotopic (exact) mass is 254 g/mol. The van der Waals surface area contributed by atoms with Crippen LogP contribution < -0.4 is 0 Å². The highest BCUT2D eigenvalue weighted by molar-refractivity contribution is 5.50. The first-order valence-electron chi connectivity index (χ1n) is 7.33. The molecule has 1 aliphatic heterocycles. The van der Waals surface area contributed by atoms with Crippen molar-refractivity contribution in [2.75, 3.05) is 6.61 Å². The van der Waals surface area contributed by atoms with Crippen LogP contribution >= 0.6 is 0 Å². The van der Waals surface area contributed by atoms with Crippen LogP contribution in [0.15, 0.2) is 0 Å². The van der Waals surface area contributed by atoms with Gasteiger partial charge in [-0.2, -0.15) is 0 Å². The van der Waals surface area contributed by atoms with E-state index in [4.69, 9.17) is 9.47 Å². The van der Waals surface area contributed by atoms with Gasteiger partial charge >= 0.3 is 0 Å². The van der Waals surface area contributed by atoms with Crippen LogP contribution in [0.1, 0.15) is 52.9 Å². The van der Waals surface area contributed by atoms with Crippen LogP contribution in [0.2, 0.25) is 0 Å². The Morgan fingerprint density at radius 2 is 2.11 bits per heavy atom. The van der Waals surface area contributed by atoms with Gasteiger partial charge in [0.1, 0.15) is 6.29 Å². The zero-order chi connectivity index (χ0) is 13.2. The normalized spacial score (nSPS) is 41.2. The Morgan fingerprint density at radius 1 is 1.33 bits per heavy atom. The molecule has 4 atom stereocenters. The molecule has 0 bridgehead atoms. The number of ether oxygens (including phenoxy) is 2. The van der Waals surface area contributed by atoms with Crippen LogP contribution in [-0.4, -0.2) is 24.8 Å². The first kappa shape index (κ1) is 14.0. The summed E-state index contributed by atoms with van der Waals surface area (Å²) in [6, 6.07) is 0. The second-order valence-electron chi connectivity index (χ2n) is 6.33. The molecule has 3 nitrogen and oxygen atoms in total. The van der Waals surface area contributed by atoms with E-state index in [1.54, 1.807) is 0 Å². The Balaban J connectivity index is 2.15. The Bertz CT molecular complexity index is 289. The Kier molecular flexibility index (Phi) is 4.44. The molecule has 2 fully saturated rings. The van der Waals surface area contributed by atoms with E-state index in [0.29, 0.717) is 24.2 Å². The zero-order valence-electron chi connectivity index (χ0n) is 11.9. The lowest BCUT2D eigenvalue weighted by Crippen LogP contribution is -2.54. The standard InChI is InChI=1S/C15H26O3/c1-11(2)14-5-4-12(3)10-15(14)17-9-7-13(18-15)6-8-16/h8,11-14H,4-7,9-10H2,1-3H3/t12-,13-,14+,15?/m1/s1. The molecule has 1 heterocycles. The van der Waals surface area contributed by atoms with Crippen LogP contribution in [0.5, 0.6) is 0 Å². The minimum Gasteiger partial charge on any atom is -0.349 e. The van der Waals surface area contributed by atoms with E-state index in [0.717, 1.165) is 25.7 Å². The zero-order valence-corrected chi connectivity index (χ0v) is 11.9. The fourth-order valence-corrected chi connectivity index (χ4v) is 3.58. The number of carbonyl (C=O) groups excluding carboxylic acids is 1. The first-order chi connectivity index (χ1) is 8.57. The summed E-state index contributed by atoms with van der Waals surface area (Å²) in [4.78, 5) is 10.7. The van der Waals surface area contributed by atoms with Crippen molar-refractivity contribution in [1.29, 1.82) is 0 Å². The average molecular weight is 254 g/mol. The molecule has 2 rings (SSSR count). The minimum atomic E-state index is -0.419. The molecule has 1 spiro atoms. The lowest BCUT2D eigenvalue weighted by atomic mass is 9.72. The van der Waals surface area contributed by atoms with Gasteiger partial charge in [-0.05, 0) is 24.7 Å². The van der Waals surface area contributed by atoms with Crippen molar-refractivity contribution in [3.05, 3.63) is 0 Å². The summed E-state index contributed by atoms with van der Waals surface area (Å²) >= 11 is 0. The van der Waals surface area contributed by atoms with Crippen molar-refractivity contribution in [1.82, 2.24) is 0 Å². The molecule has 18 heavy (non-hydrogen) atoms. The molecule has 0 aromatic carbocycles.